The van der Waals surface area contributed by atoms with Crippen molar-refractivity contribution in [2.75, 3.05) is 18.1 Å². The SMILES string of the molecule is CCN(C(=O)[C@@H](C)OC(=O)Cn1c(C)csc1=O)[C@@H]1CCS(=O)(=O)C1. The molecule has 10 heteroatoms. The van der Waals surface area contributed by atoms with Crippen LogP contribution in [0.5, 0.6) is 0 Å². The third-order valence-corrected chi connectivity index (χ3v) is 6.82. The van der Waals surface area contributed by atoms with Crippen molar-refractivity contribution >= 4 is 33.1 Å². The summed E-state index contributed by atoms with van der Waals surface area (Å²) >= 11 is 0.991. The van der Waals surface area contributed by atoms with Gasteiger partial charge in [0.2, 0.25) is 0 Å². The minimum atomic E-state index is -3.12. The number of thiazole rings is 1. The number of rotatable bonds is 6. The molecule has 0 spiro atoms. The van der Waals surface area contributed by atoms with Crippen molar-refractivity contribution in [1.82, 2.24) is 9.47 Å². The highest BCUT2D eigenvalue weighted by molar-refractivity contribution is 7.91. The minimum Gasteiger partial charge on any atom is -0.451 e. The van der Waals surface area contributed by atoms with Crippen LogP contribution < -0.4 is 4.87 Å². The molecular formula is C15H22N2O6S2. The molecule has 1 fully saturated rings. The molecule has 1 aromatic heterocycles. The van der Waals surface area contributed by atoms with Crippen LogP contribution in [0.4, 0.5) is 0 Å². The second-order valence-corrected chi connectivity index (χ2v) is 9.09. The van der Waals surface area contributed by atoms with E-state index < -0.39 is 27.8 Å². The van der Waals surface area contributed by atoms with Crippen LogP contribution in [0.3, 0.4) is 0 Å². The first-order chi connectivity index (χ1) is 11.6. The molecule has 0 unspecified atom stereocenters. The third kappa shape index (κ3) is 4.69. The van der Waals surface area contributed by atoms with Crippen molar-refractivity contribution in [3.05, 3.63) is 20.7 Å². The first-order valence-electron chi connectivity index (χ1n) is 8.00. The van der Waals surface area contributed by atoms with Gasteiger partial charge in [-0.1, -0.05) is 11.3 Å². The molecule has 1 amide bonds. The van der Waals surface area contributed by atoms with Crippen molar-refractivity contribution < 1.29 is 22.7 Å². The lowest BCUT2D eigenvalue weighted by atomic mass is 10.2. The van der Waals surface area contributed by atoms with Crippen LogP contribution in [0.15, 0.2) is 10.2 Å². The maximum absolute atomic E-state index is 12.5. The zero-order chi connectivity index (χ0) is 18.8. The van der Waals surface area contributed by atoms with Crippen LogP contribution >= 0.6 is 11.3 Å². The van der Waals surface area contributed by atoms with E-state index in [-0.39, 0.29) is 29.0 Å². The molecule has 1 saturated heterocycles. The largest absolute Gasteiger partial charge is 0.451 e. The lowest BCUT2D eigenvalue weighted by Crippen LogP contribution is -2.46. The number of aryl methyl sites for hydroxylation is 1. The number of hydrogen-bond donors (Lipinski definition) is 0. The van der Waals surface area contributed by atoms with E-state index in [0.717, 1.165) is 11.3 Å². The van der Waals surface area contributed by atoms with Crippen LogP contribution in [-0.4, -0.2) is 60.0 Å². The van der Waals surface area contributed by atoms with Crippen LogP contribution in [0, 0.1) is 6.92 Å². The number of esters is 1. The molecule has 25 heavy (non-hydrogen) atoms. The predicted octanol–water partition coefficient (Wildman–Crippen LogP) is 0.186. The lowest BCUT2D eigenvalue weighted by Gasteiger charge is -2.29. The highest BCUT2D eigenvalue weighted by Crippen LogP contribution is 2.19. The fraction of sp³-hybridized carbons (Fsp3) is 0.667. The summed E-state index contributed by atoms with van der Waals surface area (Å²) < 4.78 is 29.7. The molecule has 0 N–H and O–H groups in total. The molecular weight excluding hydrogens is 368 g/mol. The Morgan fingerprint density at radius 1 is 1.48 bits per heavy atom. The van der Waals surface area contributed by atoms with Crippen molar-refractivity contribution in [1.29, 1.82) is 0 Å². The molecule has 0 radical (unpaired) electrons. The molecule has 0 bridgehead atoms. The molecule has 0 aromatic carbocycles. The second kappa shape index (κ2) is 7.69. The van der Waals surface area contributed by atoms with E-state index in [1.165, 1.54) is 16.4 Å². The van der Waals surface area contributed by atoms with Gasteiger partial charge in [0.25, 0.3) is 5.91 Å². The van der Waals surface area contributed by atoms with E-state index in [2.05, 4.69) is 0 Å². The number of nitrogens with zero attached hydrogens (tertiary/aromatic N) is 2. The summed E-state index contributed by atoms with van der Waals surface area (Å²) in [7, 11) is -3.12. The van der Waals surface area contributed by atoms with E-state index in [0.29, 0.717) is 18.7 Å². The Kier molecular flexibility index (Phi) is 6.04. The van der Waals surface area contributed by atoms with Crippen LogP contribution in [0.1, 0.15) is 26.0 Å². The van der Waals surface area contributed by atoms with E-state index in [1.54, 1.807) is 19.2 Å². The number of aromatic nitrogens is 1. The Balaban J connectivity index is 1.99. The van der Waals surface area contributed by atoms with Crippen LogP contribution in [0.25, 0.3) is 0 Å². The normalized spacial score (nSPS) is 20.2. The average Bonchev–Trinajstić information content (AvgIpc) is 3.04. The molecule has 0 aliphatic carbocycles. The Hall–Kier alpha value is -1.68. The summed E-state index contributed by atoms with van der Waals surface area (Å²) in [5, 5.41) is 1.64. The fourth-order valence-electron chi connectivity index (χ4n) is 2.86. The molecule has 8 nitrogen and oxygen atoms in total. The number of ether oxygens (including phenoxy) is 1. The molecule has 1 aliphatic rings. The third-order valence-electron chi connectivity index (χ3n) is 4.19. The van der Waals surface area contributed by atoms with Crippen LogP contribution in [-0.2, 0) is 30.7 Å². The summed E-state index contributed by atoms with van der Waals surface area (Å²) in [6.45, 7) is 5.00. The van der Waals surface area contributed by atoms with Gasteiger partial charge >= 0.3 is 10.8 Å². The van der Waals surface area contributed by atoms with Gasteiger partial charge in [0.05, 0.1) is 11.5 Å². The molecule has 2 heterocycles. The van der Waals surface area contributed by atoms with Gasteiger partial charge in [-0.25, -0.2) is 8.42 Å². The zero-order valence-corrected chi connectivity index (χ0v) is 16.1. The first kappa shape index (κ1) is 19.6. The Labute approximate surface area is 150 Å². The Morgan fingerprint density at radius 2 is 2.16 bits per heavy atom. The van der Waals surface area contributed by atoms with E-state index >= 15 is 0 Å². The molecule has 1 aliphatic heterocycles. The van der Waals surface area contributed by atoms with E-state index in [9.17, 15) is 22.8 Å². The number of sulfone groups is 1. The zero-order valence-electron chi connectivity index (χ0n) is 14.4. The summed E-state index contributed by atoms with van der Waals surface area (Å²) in [5.74, 6) is -1.10. The average molecular weight is 390 g/mol. The smallest absolute Gasteiger partial charge is 0.326 e. The van der Waals surface area contributed by atoms with Gasteiger partial charge in [-0.05, 0) is 27.2 Å². The van der Waals surface area contributed by atoms with Gasteiger partial charge in [0.15, 0.2) is 15.9 Å². The minimum absolute atomic E-state index is 0.0588. The van der Waals surface area contributed by atoms with E-state index in [4.69, 9.17) is 4.74 Å². The van der Waals surface area contributed by atoms with Gasteiger partial charge in [-0.2, -0.15) is 0 Å². The van der Waals surface area contributed by atoms with Gasteiger partial charge in [0, 0.05) is 23.7 Å². The number of likely N-dealkylation sites (N-methyl/N-ethyl adjacent to an activating group) is 1. The van der Waals surface area contributed by atoms with Crippen molar-refractivity contribution in [2.45, 2.75) is 45.9 Å². The van der Waals surface area contributed by atoms with Gasteiger partial charge < -0.3 is 9.64 Å². The number of carbonyl (C=O) groups is 2. The van der Waals surface area contributed by atoms with Crippen molar-refractivity contribution in [3.63, 3.8) is 0 Å². The molecule has 2 atom stereocenters. The van der Waals surface area contributed by atoms with Crippen molar-refractivity contribution in [3.8, 4) is 0 Å². The second-order valence-electron chi connectivity index (χ2n) is 6.04. The standard InChI is InChI=1S/C15H22N2O6S2/c1-4-16(12-5-6-25(21,22)9-12)14(19)11(3)23-13(18)7-17-10(2)8-24-15(17)20/h8,11-12H,4-7,9H2,1-3H3/t11-,12-/m1/s1. The first-order valence-corrected chi connectivity index (χ1v) is 10.7. The quantitative estimate of drug-likeness (QED) is 0.642. The lowest BCUT2D eigenvalue weighted by molar-refractivity contribution is -0.160. The maximum atomic E-state index is 12.5. The van der Waals surface area contributed by atoms with E-state index in [1.807, 2.05) is 0 Å². The van der Waals surface area contributed by atoms with Gasteiger partial charge in [-0.3, -0.25) is 19.0 Å². The summed E-state index contributed by atoms with van der Waals surface area (Å²) in [6, 6.07) is -0.384. The molecule has 1 aromatic rings. The number of hydrogen-bond acceptors (Lipinski definition) is 7. The fourth-order valence-corrected chi connectivity index (χ4v) is 5.32. The van der Waals surface area contributed by atoms with Crippen LogP contribution in [0.2, 0.25) is 0 Å². The molecule has 0 saturated carbocycles. The van der Waals surface area contributed by atoms with Crippen molar-refractivity contribution in [2.24, 2.45) is 0 Å². The summed E-state index contributed by atoms with van der Waals surface area (Å²) in [6.07, 6.45) is -0.642. The molecule has 140 valence electrons. The van der Waals surface area contributed by atoms with Gasteiger partial charge in [0.1, 0.15) is 6.54 Å². The Bertz CT molecular complexity index is 810. The van der Waals surface area contributed by atoms with Gasteiger partial charge in [-0.15, -0.1) is 0 Å². The Morgan fingerprint density at radius 3 is 2.64 bits per heavy atom. The summed E-state index contributed by atoms with van der Waals surface area (Å²) in [4.78, 5) is 37.4. The molecule has 2 rings (SSSR count). The number of amides is 1. The highest BCUT2D eigenvalue weighted by Gasteiger charge is 2.36. The highest BCUT2D eigenvalue weighted by atomic mass is 32.2. The number of carbonyl (C=O) groups excluding carboxylic acids is 2. The monoisotopic (exact) mass is 390 g/mol. The maximum Gasteiger partial charge on any atom is 0.326 e. The topological polar surface area (TPSA) is 103 Å². The predicted molar refractivity (Wildman–Crippen MR) is 93.3 cm³/mol. The summed E-state index contributed by atoms with van der Waals surface area (Å²) in [5.41, 5.74) is 0.650.